The smallest absolute Gasteiger partial charge is 0.322 e. The standard InChI is InChI=1S/C27H31N7O4S/c1-3-39(36,37)18-12-28-21(29-13-18)14-30-26(35)34-15-27(10-4-5-11-27)24-20(34)9-8-19(33-24)22-23(17-6-7-17)31-16-32-25(22)38-2/h8-9,12-13,16-17H,3-7,10-11,14-15H2,1-2H3,(H,30,35). The zero-order chi connectivity index (χ0) is 27.2. The van der Waals surface area contributed by atoms with Crippen LogP contribution in [-0.4, -0.2) is 58.8 Å². The molecule has 0 aromatic carbocycles. The third-order valence-electron chi connectivity index (χ3n) is 8.01. The number of methoxy groups -OCH3 is 1. The van der Waals surface area contributed by atoms with E-state index in [2.05, 4.69) is 25.3 Å². The van der Waals surface area contributed by atoms with Crippen molar-refractivity contribution in [2.45, 2.75) is 68.2 Å². The molecule has 3 aromatic rings. The number of hydrogen-bond donors (Lipinski definition) is 1. The van der Waals surface area contributed by atoms with Gasteiger partial charge in [0.2, 0.25) is 5.88 Å². The van der Waals surface area contributed by atoms with Crippen LogP contribution in [0.2, 0.25) is 0 Å². The van der Waals surface area contributed by atoms with Crippen LogP contribution in [0.4, 0.5) is 10.5 Å². The third kappa shape index (κ3) is 4.60. The first-order valence-electron chi connectivity index (χ1n) is 13.3. The van der Waals surface area contributed by atoms with E-state index in [9.17, 15) is 13.2 Å². The number of rotatable bonds is 7. The summed E-state index contributed by atoms with van der Waals surface area (Å²) < 4.78 is 29.7. The number of carbonyl (C=O) groups is 1. The fraction of sp³-hybridized carbons (Fsp3) is 0.481. The summed E-state index contributed by atoms with van der Waals surface area (Å²) in [6, 6.07) is 3.63. The van der Waals surface area contributed by atoms with Gasteiger partial charge in [0.15, 0.2) is 9.84 Å². The highest BCUT2D eigenvalue weighted by Gasteiger charge is 2.48. The Morgan fingerprint density at radius 3 is 2.54 bits per heavy atom. The number of anilines is 1. The Hall–Kier alpha value is -3.67. The van der Waals surface area contributed by atoms with Crippen molar-refractivity contribution in [3.8, 4) is 17.1 Å². The molecule has 0 saturated heterocycles. The van der Waals surface area contributed by atoms with Crippen molar-refractivity contribution < 1.29 is 17.9 Å². The van der Waals surface area contributed by atoms with Gasteiger partial charge >= 0.3 is 6.03 Å². The van der Waals surface area contributed by atoms with Gasteiger partial charge in [0.25, 0.3) is 0 Å². The minimum Gasteiger partial charge on any atom is -0.480 e. The Labute approximate surface area is 227 Å². The van der Waals surface area contributed by atoms with E-state index in [-0.39, 0.29) is 28.6 Å². The van der Waals surface area contributed by atoms with Gasteiger partial charge < -0.3 is 10.1 Å². The highest BCUT2D eigenvalue weighted by Crippen LogP contribution is 2.51. The second-order valence-electron chi connectivity index (χ2n) is 10.5. The number of aromatic nitrogens is 5. The molecule has 2 fully saturated rings. The molecule has 0 unspecified atom stereocenters. The Kier molecular flexibility index (Phi) is 6.44. The lowest BCUT2D eigenvalue weighted by Gasteiger charge is -2.24. The zero-order valence-corrected chi connectivity index (χ0v) is 22.9. The van der Waals surface area contributed by atoms with Crippen LogP contribution in [0.25, 0.3) is 11.3 Å². The van der Waals surface area contributed by atoms with Crippen LogP contribution in [0, 0.1) is 0 Å². The zero-order valence-electron chi connectivity index (χ0n) is 22.1. The third-order valence-corrected chi connectivity index (χ3v) is 9.70. The predicted molar refractivity (Wildman–Crippen MR) is 143 cm³/mol. The van der Waals surface area contributed by atoms with E-state index in [1.54, 1.807) is 25.3 Å². The highest BCUT2D eigenvalue weighted by molar-refractivity contribution is 7.91. The lowest BCUT2D eigenvalue weighted by Crippen LogP contribution is -2.42. The van der Waals surface area contributed by atoms with E-state index in [4.69, 9.17) is 9.72 Å². The number of pyridine rings is 1. The summed E-state index contributed by atoms with van der Waals surface area (Å²) >= 11 is 0. The van der Waals surface area contributed by atoms with Crippen LogP contribution in [0.5, 0.6) is 5.88 Å². The van der Waals surface area contributed by atoms with E-state index in [1.165, 1.54) is 12.4 Å². The SMILES string of the molecule is CCS(=O)(=O)c1cnc(CNC(=O)N2CC3(CCCC3)c3nc(-c4c(OC)ncnc4C4CC4)ccc32)nc1. The van der Waals surface area contributed by atoms with Gasteiger partial charge in [0, 0.05) is 30.3 Å². The molecule has 0 atom stereocenters. The van der Waals surface area contributed by atoms with Gasteiger partial charge in [-0.1, -0.05) is 19.8 Å². The molecule has 4 heterocycles. The summed E-state index contributed by atoms with van der Waals surface area (Å²) in [6.07, 6.45) is 10.4. The van der Waals surface area contributed by atoms with Crippen molar-refractivity contribution in [2.75, 3.05) is 24.3 Å². The topological polar surface area (TPSA) is 140 Å². The van der Waals surface area contributed by atoms with Crippen molar-refractivity contribution >= 4 is 21.6 Å². The first-order chi connectivity index (χ1) is 18.8. The Bertz CT molecular complexity index is 1520. The van der Waals surface area contributed by atoms with E-state index in [0.717, 1.165) is 66.9 Å². The number of ether oxygens (including phenoxy) is 1. The summed E-state index contributed by atoms with van der Waals surface area (Å²) in [5.41, 5.74) is 4.13. The highest BCUT2D eigenvalue weighted by atomic mass is 32.2. The van der Waals surface area contributed by atoms with Gasteiger partial charge in [-0.25, -0.2) is 38.1 Å². The molecule has 2 aliphatic carbocycles. The summed E-state index contributed by atoms with van der Waals surface area (Å²) in [4.78, 5) is 37.6. The second-order valence-corrected chi connectivity index (χ2v) is 12.7. The number of sulfone groups is 1. The lowest BCUT2D eigenvalue weighted by molar-refractivity contribution is 0.244. The summed E-state index contributed by atoms with van der Waals surface area (Å²) in [6.45, 7) is 2.21. The number of nitrogens with one attached hydrogen (secondary N) is 1. The molecule has 1 spiro atoms. The van der Waals surface area contributed by atoms with Gasteiger partial charge in [-0.3, -0.25) is 4.90 Å². The van der Waals surface area contributed by atoms with Crippen LogP contribution in [0.3, 0.4) is 0 Å². The first-order valence-corrected chi connectivity index (χ1v) is 15.0. The van der Waals surface area contributed by atoms with Gasteiger partial charge in [0.1, 0.15) is 17.0 Å². The maximum Gasteiger partial charge on any atom is 0.322 e. The normalized spacial score (nSPS) is 17.8. The molecule has 2 saturated carbocycles. The van der Waals surface area contributed by atoms with Crippen LogP contribution in [0.1, 0.15) is 68.6 Å². The Morgan fingerprint density at radius 2 is 1.87 bits per heavy atom. The average Bonchev–Trinajstić information content (AvgIpc) is 3.63. The van der Waals surface area contributed by atoms with Crippen molar-refractivity contribution in [2.24, 2.45) is 0 Å². The summed E-state index contributed by atoms with van der Waals surface area (Å²) in [7, 11) is -1.77. The molecule has 12 heteroatoms. The molecular weight excluding hydrogens is 518 g/mol. The predicted octanol–water partition coefficient (Wildman–Crippen LogP) is 3.55. The van der Waals surface area contributed by atoms with E-state index >= 15 is 0 Å². The van der Waals surface area contributed by atoms with E-state index < -0.39 is 9.84 Å². The van der Waals surface area contributed by atoms with E-state index in [0.29, 0.717) is 24.2 Å². The molecule has 1 N–H and O–H groups in total. The van der Waals surface area contributed by atoms with Crippen molar-refractivity contribution in [3.05, 3.63) is 48.1 Å². The summed E-state index contributed by atoms with van der Waals surface area (Å²) in [5.74, 6) is 1.23. The fourth-order valence-electron chi connectivity index (χ4n) is 5.75. The monoisotopic (exact) mass is 549 g/mol. The maximum absolute atomic E-state index is 13.4. The molecule has 3 aromatic heterocycles. The molecule has 1 aliphatic heterocycles. The number of fused-ring (bicyclic) bond motifs is 2. The number of urea groups is 1. The largest absolute Gasteiger partial charge is 0.480 e. The Balaban J connectivity index is 1.28. The van der Waals surface area contributed by atoms with Crippen molar-refractivity contribution in [1.82, 2.24) is 30.2 Å². The van der Waals surface area contributed by atoms with Crippen molar-refractivity contribution in [3.63, 3.8) is 0 Å². The number of amides is 2. The molecule has 6 rings (SSSR count). The Morgan fingerprint density at radius 1 is 1.13 bits per heavy atom. The van der Waals surface area contributed by atoms with Gasteiger partial charge in [-0.05, 0) is 37.8 Å². The minimum absolute atomic E-state index is 0.0235. The van der Waals surface area contributed by atoms with Crippen molar-refractivity contribution in [1.29, 1.82) is 0 Å². The molecule has 11 nitrogen and oxygen atoms in total. The molecular formula is C27H31N7O4S. The molecule has 3 aliphatic rings. The average molecular weight is 550 g/mol. The van der Waals surface area contributed by atoms with Gasteiger partial charge in [0.05, 0.1) is 47.7 Å². The summed E-state index contributed by atoms with van der Waals surface area (Å²) in [5, 5.41) is 2.90. The number of nitrogens with zero attached hydrogens (tertiary/aromatic N) is 6. The lowest BCUT2D eigenvalue weighted by atomic mass is 9.84. The van der Waals surface area contributed by atoms with Crippen LogP contribution in [-0.2, 0) is 21.8 Å². The first kappa shape index (κ1) is 25.6. The fourth-order valence-corrected chi connectivity index (χ4v) is 6.51. The second kappa shape index (κ2) is 9.82. The molecule has 2 amide bonds. The van der Waals surface area contributed by atoms with E-state index in [1.807, 2.05) is 12.1 Å². The maximum atomic E-state index is 13.4. The molecule has 0 radical (unpaired) electrons. The molecule has 0 bridgehead atoms. The minimum atomic E-state index is -3.38. The van der Waals surface area contributed by atoms with Crippen LogP contribution < -0.4 is 15.0 Å². The number of hydrogen-bond acceptors (Lipinski definition) is 9. The quantitative estimate of drug-likeness (QED) is 0.468. The van der Waals surface area contributed by atoms with Gasteiger partial charge in [-0.2, -0.15) is 0 Å². The molecule has 39 heavy (non-hydrogen) atoms. The van der Waals surface area contributed by atoms with Crippen LogP contribution in [0.15, 0.2) is 35.7 Å². The van der Waals surface area contributed by atoms with Crippen LogP contribution >= 0.6 is 0 Å². The van der Waals surface area contributed by atoms with Gasteiger partial charge in [-0.15, -0.1) is 0 Å². The molecule has 204 valence electrons. The number of carbonyl (C=O) groups excluding carboxylic acids is 1.